The van der Waals surface area contributed by atoms with E-state index in [9.17, 15) is 4.79 Å². The Morgan fingerprint density at radius 1 is 0.931 bits per heavy atom. The Morgan fingerprint density at radius 3 is 2.55 bits per heavy atom. The smallest absolute Gasteiger partial charge is 0.271 e. The number of aromatic nitrogens is 4. The zero-order chi connectivity index (χ0) is 20.0. The minimum atomic E-state index is -0.699. The second-order valence-electron chi connectivity index (χ2n) is 6.68. The van der Waals surface area contributed by atoms with Crippen molar-refractivity contribution < 1.29 is 4.79 Å². The van der Waals surface area contributed by atoms with Crippen LogP contribution < -0.4 is 11.5 Å². The van der Waals surface area contributed by atoms with Gasteiger partial charge in [0.2, 0.25) is 0 Å². The van der Waals surface area contributed by atoms with Crippen LogP contribution in [0.2, 0.25) is 0 Å². The number of nitrogens with zero attached hydrogens (tertiary/aromatic N) is 4. The van der Waals surface area contributed by atoms with Crippen molar-refractivity contribution in [2.24, 2.45) is 5.73 Å². The van der Waals surface area contributed by atoms with Gasteiger partial charge in [-0.15, -0.1) is 10.2 Å². The Morgan fingerprint density at radius 2 is 1.76 bits per heavy atom. The molecule has 0 aliphatic rings. The van der Waals surface area contributed by atoms with E-state index < -0.39 is 5.91 Å². The lowest BCUT2D eigenvalue weighted by atomic mass is 10.0. The molecule has 29 heavy (non-hydrogen) atoms. The van der Waals surface area contributed by atoms with Crippen LogP contribution in [0.1, 0.15) is 10.5 Å². The van der Waals surface area contributed by atoms with Gasteiger partial charge in [-0.2, -0.15) is 0 Å². The summed E-state index contributed by atoms with van der Waals surface area (Å²) in [6.07, 6.45) is 1.81. The molecule has 7 heteroatoms. The van der Waals surface area contributed by atoms with Crippen molar-refractivity contribution in [3.63, 3.8) is 0 Å². The number of hydrogen-bond acceptors (Lipinski definition) is 5. The maximum Gasteiger partial charge on any atom is 0.271 e. The SMILES string of the molecule is NC(=O)c1nnc2c(-c3ccc4c(c3)ncn4-c3ccccc3)cccc2c1N. The largest absolute Gasteiger partial charge is 0.396 e. The molecule has 0 fully saturated rings. The third-order valence-electron chi connectivity index (χ3n) is 4.96. The second kappa shape index (κ2) is 6.42. The van der Waals surface area contributed by atoms with Crippen molar-refractivity contribution in [3.05, 3.63) is 78.8 Å². The van der Waals surface area contributed by atoms with E-state index in [0.717, 1.165) is 27.8 Å². The molecule has 2 heterocycles. The number of rotatable bonds is 3. The average Bonchev–Trinajstić information content (AvgIpc) is 3.17. The Bertz CT molecular complexity index is 1390. The zero-order valence-corrected chi connectivity index (χ0v) is 15.3. The summed E-state index contributed by atoms with van der Waals surface area (Å²) in [5.41, 5.74) is 17.0. The Hall–Kier alpha value is -4.26. The number of nitrogen functional groups attached to an aromatic ring is 1. The van der Waals surface area contributed by atoms with Crippen LogP contribution >= 0.6 is 0 Å². The highest BCUT2D eigenvalue weighted by Gasteiger charge is 2.15. The number of fused-ring (bicyclic) bond motifs is 2. The normalized spacial score (nSPS) is 11.2. The highest BCUT2D eigenvalue weighted by Crippen LogP contribution is 2.32. The molecule has 0 atom stereocenters. The van der Waals surface area contributed by atoms with Crippen LogP contribution in [0, 0.1) is 0 Å². The standard InChI is InChI=1S/C22H16N6O/c23-19-16-8-4-7-15(20(16)26-27-21(19)22(24)29)13-9-10-18-17(11-13)25-12-28(18)14-5-2-1-3-6-14/h1-12H,(H2,23,26)(H2,24,29). The fourth-order valence-electron chi connectivity index (χ4n) is 3.54. The van der Waals surface area contributed by atoms with Gasteiger partial charge in [-0.1, -0.05) is 42.5 Å². The van der Waals surface area contributed by atoms with E-state index in [0.29, 0.717) is 10.9 Å². The Balaban J connectivity index is 1.67. The first kappa shape index (κ1) is 16.9. The van der Waals surface area contributed by atoms with Gasteiger partial charge in [-0.25, -0.2) is 4.98 Å². The number of amides is 1. The van der Waals surface area contributed by atoms with E-state index >= 15 is 0 Å². The zero-order valence-electron chi connectivity index (χ0n) is 15.3. The molecule has 0 unspecified atom stereocenters. The van der Waals surface area contributed by atoms with Gasteiger partial charge >= 0.3 is 0 Å². The minimum absolute atomic E-state index is 0.0216. The summed E-state index contributed by atoms with van der Waals surface area (Å²) in [5, 5.41) is 8.78. The molecule has 5 rings (SSSR count). The summed E-state index contributed by atoms with van der Waals surface area (Å²) < 4.78 is 2.04. The van der Waals surface area contributed by atoms with Crippen molar-refractivity contribution in [3.8, 4) is 16.8 Å². The molecule has 2 aromatic heterocycles. The topological polar surface area (TPSA) is 113 Å². The number of carbonyl (C=O) groups is 1. The predicted octanol–water partition coefficient (Wildman–Crippen LogP) is 3.32. The number of benzene rings is 3. The number of nitrogens with two attached hydrogens (primary N) is 2. The predicted molar refractivity (Wildman–Crippen MR) is 113 cm³/mol. The van der Waals surface area contributed by atoms with Crippen LogP contribution in [0.3, 0.4) is 0 Å². The van der Waals surface area contributed by atoms with E-state index in [2.05, 4.69) is 15.2 Å². The maximum atomic E-state index is 11.5. The third-order valence-corrected chi connectivity index (χ3v) is 4.96. The third kappa shape index (κ3) is 2.68. The summed E-state index contributed by atoms with van der Waals surface area (Å²) in [7, 11) is 0. The van der Waals surface area contributed by atoms with Gasteiger partial charge in [0.05, 0.1) is 16.7 Å². The molecule has 0 radical (unpaired) electrons. The Kier molecular flexibility index (Phi) is 3.74. The summed E-state index contributed by atoms with van der Waals surface area (Å²) in [6, 6.07) is 21.7. The van der Waals surface area contributed by atoms with Gasteiger partial charge < -0.3 is 11.5 Å². The van der Waals surface area contributed by atoms with E-state index in [-0.39, 0.29) is 11.4 Å². The lowest BCUT2D eigenvalue weighted by Crippen LogP contribution is -2.16. The number of primary amides is 1. The van der Waals surface area contributed by atoms with Gasteiger partial charge in [0.25, 0.3) is 5.91 Å². The second-order valence-corrected chi connectivity index (χ2v) is 6.68. The monoisotopic (exact) mass is 380 g/mol. The highest BCUT2D eigenvalue weighted by molar-refractivity contribution is 6.07. The first-order valence-corrected chi connectivity index (χ1v) is 9.01. The number of hydrogen-bond donors (Lipinski definition) is 2. The van der Waals surface area contributed by atoms with Gasteiger partial charge in [0.15, 0.2) is 5.69 Å². The van der Waals surface area contributed by atoms with Gasteiger partial charge in [-0.05, 0) is 29.8 Å². The molecule has 0 saturated heterocycles. The van der Waals surface area contributed by atoms with Crippen LogP contribution in [0.15, 0.2) is 73.1 Å². The van der Waals surface area contributed by atoms with Gasteiger partial charge in [-0.3, -0.25) is 9.36 Å². The maximum absolute atomic E-state index is 11.5. The molecule has 0 aliphatic heterocycles. The average molecular weight is 380 g/mol. The molecule has 140 valence electrons. The fraction of sp³-hybridized carbons (Fsp3) is 0. The molecule has 0 bridgehead atoms. The van der Waals surface area contributed by atoms with Crippen molar-refractivity contribution in [2.75, 3.05) is 5.73 Å². The quantitative estimate of drug-likeness (QED) is 0.498. The number of carbonyl (C=O) groups excluding carboxylic acids is 1. The molecular formula is C22H16N6O. The van der Waals surface area contributed by atoms with Crippen molar-refractivity contribution in [2.45, 2.75) is 0 Å². The van der Waals surface area contributed by atoms with Crippen LogP contribution in [0.5, 0.6) is 0 Å². The van der Waals surface area contributed by atoms with E-state index in [1.165, 1.54) is 0 Å². The summed E-state index contributed by atoms with van der Waals surface area (Å²) in [4.78, 5) is 16.1. The van der Waals surface area contributed by atoms with Crippen molar-refractivity contribution >= 4 is 33.5 Å². The fourth-order valence-corrected chi connectivity index (χ4v) is 3.54. The van der Waals surface area contributed by atoms with E-state index in [1.54, 1.807) is 6.07 Å². The van der Waals surface area contributed by atoms with Gasteiger partial charge in [0.1, 0.15) is 11.8 Å². The minimum Gasteiger partial charge on any atom is -0.396 e. The molecule has 3 aromatic carbocycles. The van der Waals surface area contributed by atoms with Crippen LogP contribution in [0.4, 0.5) is 5.69 Å². The number of para-hydroxylation sites is 1. The van der Waals surface area contributed by atoms with Crippen LogP contribution in [-0.2, 0) is 0 Å². The lowest BCUT2D eigenvalue weighted by molar-refractivity contribution is 0.0996. The molecule has 4 N–H and O–H groups in total. The summed E-state index contributed by atoms with van der Waals surface area (Å²) in [5.74, 6) is -0.699. The first-order valence-electron chi connectivity index (χ1n) is 9.01. The van der Waals surface area contributed by atoms with E-state index in [4.69, 9.17) is 11.5 Å². The summed E-state index contributed by atoms with van der Waals surface area (Å²) >= 11 is 0. The molecule has 7 nitrogen and oxygen atoms in total. The molecule has 0 spiro atoms. The molecular weight excluding hydrogens is 364 g/mol. The Labute approximate surface area is 165 Å². The highest BCUT2D eigenvalue weighted by atomic mass is 16.1. The number of imidazole rings is 1. The summed E-state index contributed by atoms with van der Waals surface area (Å²) in [6.45, 7) is 0. The molecule has 5 aromatic rings. The van der Waals surface area contributed by atoms with Crippen LogP contribution in [0.25, 0.3) is 38.8 Å². The van der Waals surface area contributed by atoms with Gasteiger partial charge in [0, 0.05) is 16.6 Å². The van der Waals surface area contributed by atoms with Crippen molar-refractivity contribution in [1.29, 1.82) is 0 Å². The molecule has 1 amide bonds. The van der Waals surface area contributed by atoms with Crippen LogP contribution in [-0.4, -0.2) is 25.7 Å². The first-order chi connectivity index (χ1) is 14.1. The molecule has 0 saturated carbocycles. The van der Waals surface area contributed by atoms with E-state index in [1.807, 2.05) is 71.6 Å². The molecule has 0 aliphatic carbocycles. The lowest BCUT2D eigenvalue weighted by Gasteiger charge is -2.09. The number of anilines is 1. The van der Waals surface area contributed by atoms with Crippen molar-refractivity contribution in [1.82, 2.24) is 19.7 Å².